The Morgan fingerprint density at radius 3 is 0.902 bits per heavy atom. The van der Waals surface area contributed by atoms with Crippen molar-refractivity contribution < 1.29 is 57.2 Å². The molecule has 0 radical (unpaired) electrons. The largest absolute Gasteiger partial charge is 0.459 e. The molecule has 0 aliphatic carbocycles. The summed E-state index contributed by atoms with van der Waals surface area (Å²) in [6, 6.07) is 0. The summed E-state index contributed by atoms with van der Waals surface area (Å²) >= 11 is 0. The van der Waals surface area contributed by atoms with Gasteiger partial charge in [-0.2, -0.15) is 0 Å². The van der Waals surface area contributed by atoms with Crippen LogP contribution in [0.3, 0.4) is 0 Å². The Labute approximate surface area is 291 Å². The first-order valence-corrected chi connectivity index (χ1v) is 14.8. The van der Waals surface area contributed by atoms with Gasteiger partial charge in [0.05, 0.1) is 19.6 Å². The van der Waals surface area contributed by atoms with Crippen LogP contribution < -0.4 is 17.1 Å². The van der Waals surface area contributed by atoms with Gasteiger partial charge in [0.1, 0.15) is 19.8 Å². The van der Waals surface area contributed by atoms with Gasteiger partial charge in [0.25, 0.3) is 0 Å². The van der Waals surface area contributed by atoms with E-state index >= 15 is 0 Å². The standard InChI is InChI=1S/C33H39N3O15/c1-10-25(37)46-16-22(49-28(40)19(4)5)13-34-31(43)35(14-23(17-47-26(38)11-2)50-29(41)20(6)7)33(45)36(32(34)44)15-24(18-48-27(39)12-3)51-30(42)21(8)9/h10-12,22-24H,1-4,6,8,13-18H2,5,7,9H3. The van der Waals surface area contributed by atoms with Gasteiger partial charge in [-0.15, -0.1) is 0 Å². The Morgan fingerprint density at radius 1 is 0.510 bits per heavy atom. The fourth-order valence-electron chi connectivity index (χ4n) is 3.59. The number of nitrogens with zero attached hydrogens (tertiary/aromatic N) is 3. The highest BCUT2D eigenvalue weighted by Crippen LogP contribution is 2.06. The van der Waals surface area contributed by atoms with E-state index in [0.29, 0.717) is 13.7 Å². The highest BCUT2D eigenvalue weighted by Gasteiger charge is 2.28. The number of ether oxygens (including phenoxy) is 6. The van der Waals surface area contributed by atoms with E-state index in [2.05, 4.69) is 39.5 Å². The lowest BCUT2D eigenvalue weighted by Gasteiger charge is -2.23. The molecule has 0 aliphatic rings. The monoisotopic (exact) mass is 717 g/mol. The number of esters is 6. The fraction of sp³-hybridized carbons (Fsp3) is 0.364. The van der Waals surface area contributed by atoms with Crippen LogP contribution in [0, 0.1) is 0 Å². The third kappa shape index (κ3) is 13.6. The van der Waals surface area contributed by atoms with Crippen LogP contribution in [0.1, 0.15) is 20.8 Å². The summed E-state index contributed by atoms with van der Waals surface area (Å²) in [7, 11) is 0. The topological polar surface area (TPSA) is 224 Å². The van der Waals surface area contributed by atoms with Crippen molar-refractivity contribution in [3.63, 3.8) is 0 Å². The molecule has 0 amide bonds. The van der Waals surface area contributed by atoms with Crippen LogP contribution in [-0.4, -0.2) is 87.6 Å². The van der Waals surface area contributed by atoms with Gasteiger partial charge in [0, 0.05) is 34.9 Å². The Bertz CT molecular complexity index is 1560. The molecule has 18 heteroatoms. The van der Waals surface area contributed by atoms with Gasteiger partial charge in [0.15, 0.2) is 18.3 Å². The van der Waals surface area contributed by atoms with Gasteiger partial charge >= 0.3 is 52.9 Å². The van der Waals surface area contributed by atoms with Crippen molar-refractivity contribution in [2.24, 2.45) is 0 Å². The lowest BCUT2D eigenvalue weighted by Crippen LogP contribution is -2.58. The first-order valence-electron chi connectivity index (χ1n) is 14.8. The van der Waals surface area contributed by atoms with Crippen LogP contribution in [0.25, 0.3) is 0 Å². The maximum Gasteiger partial charge on any atom is 0.336 e. The van der Waals surface area contributed by atoms with Crippen molar-refractivity contribution in [1.82, 2.24) is 13.7 Å². The molecule has 1 heterocycles. The highest BCUT2D eigenvalue weighted by atomic mass is 16.6. The summed E-state index contributed by atoms with van der Waals surface area (Å²) in [6.07, 6.45) is -2.23. The minimum absolute atomic E-state index is 0.0998. The molecule has 1 rings (SSSR count). The summed E-state index contributed by atoms with van der Waals surface area (Å²) in [4.78, 5) is 114. The number of carbonyl (C=O) groups is 6. The number of hydrogen-bond acceptors (Lipinski definition) is 15. The van der Waals surface area contributed by atoms with Crippen molar-refractivity contribution >= 4 is 35.8 Å². The van der Waals surface area contributed by atoms with E-state index in [1.54, 1.807) is 0 Å². The molecular weight excluding hydrogens is 678 g/mol. The Balaban J connectivity index is 4.02. The molecule has 0 saturated carbocycles. The second-order valence-corrected chi connectivity index (χ2v) is 10.6. The second kappa shape index (κ2) is 20.2. The summed E-state index contributed by atoms with van der Waals surface area (Å²) < 4.78 is 31.9. The molecule has 3 unspecified atom stereocenters. The van der Waals surface area contributed by atoms with Gasteiger partial charge in [-0.05, 0) is 20.8 Å². The van der Waals surface area contributed by atoms with Gasteiger partial charge in [-0.25, -0.2) is 56.9 Å². The smallest absolute Gasteiger partial charge is 0.336 e. The van der Waals surface area contributed by atoms with E-state index < -0.39 is 111 Å². The molecule has 0 spiro atoms. The van der Waals surface area contributed by atoms with Crippen molar-refractivity contribution in [3.05, 3.63) is 106 Å². The predicted molar refractivity (Wildman–Crippen MR) is 177 cm³/mol. The maximum absolute atomic E-state index is 13.8. The van der Waals surface area contributed by atoms with E-state index in [9.17, 15) is 43.2 Å². The van der Waals surface area contributed by atoms with Gasteiger partial charge < -0.3 is 28.4 Å². The van der Waals surface area contributed by atoms with Crippen LogP contribution in [0.4, 0.5) is 0 Å². The summed E-state index contributed by atoms with van der Waals surface area (Å²) in [5, 5.41) is 0. The average Bonchev–Trinajstić information content (AvgIpc) is 3.08. The fourth-order valence-corrected chi connectivity index (χ4v) is 3.59. The lowest BCUT2D eigenvalue weighted by atomic mass is 10.3. The molecule has 3 atom stereocenters. The first-order chi connectivity index (χ1) is 23.9. The van der Waals surface area contributed by atoms with Gasteiger partial charge in [0.2, 0.25) is 0 Å². The number of aromatic nitrogens is 3. The van der Waals surface area contributed by atoms with Crippen LogP contribution in [0.5, 0.6) is 0 Å². The highest BCUT2D eigenvalue weighted by molar-refractivity contribution is 5.88. The van der Waals surface area contributed by atoms with Crippen molar-refractivity contribution in [1.29, 1.82) is 0 Å². The molecule has 0 aromatic carbocycles. The number of rotatable bonds is 21. The van der Waals surface area contributed by atoms with Crippen LogP contribution >= 0.6 is 0 Å². The summed E-state index contributed by atoms with van der Waals surface area (Å²) in [5.74, 6) is -5.84. The molecule has 1 aromatic heterocycles. The molecular formula is C33H39N3O15. The van der Waals surface area contributed by atoms with Crippen molar-refractivity contribution in [2.75, 3.05) is 19.8 Å². The molecule has 1 aromatic rings. The molecule has 0 aliphatic heterocycles. The van der Waals surface area contributed by atoms with E-state index in [4.69, 9.17) is 28.4 Å². The third-order valence-electron chi connectivity index (χ3n) is 6.15. The Kier molecular flexibility index (Phi) is 16.9. The molecule has 51 heavy (non-hydrogen) atoms. The number of carbonyl (C=O) groups excluding carboxylic acids is 6. The van der Waals surface area contributed by atoms with Crippen LogP contribution in [-0.2, 0) is 76.8 Å². The first kappa shape index (κ1) is 42.7. The second-order valence-electron chi connectivity index (χ2n) is 10.6. The van der Waals surface area contributed by atoms with E-state index in [1.165, 1.54) is 20.8 Å². The predicted octanol–water partition coefficient (Wildman–Crippen LogP) is -0.177. The molecule has 18 nitrogen and oxygen atoms in total. The molecule has 276 valence electrons. The zero-order valence-corrected chi connectivity index (χ0v) is 28.4. The molecule has 0 bridgehead atoms. The van der Waals surface area contributed by atoms with Crippen LogP contribution in [0.15, 0.2) is 88.8 Å². The minimum Gasteiger partial charge on any atom is -0.459 e. The minimum atomic E-state index is -1.54. The zero-order valence-electron chi connectivity index (χ0n) is 28.4. The quantitative estimate of drug-likeness (QED) is 0.0914. The third-order valence-corrected chi connectivity index (χ3v) is 6.15. The maximum atomic E-state index is 13.8. The van der Waals surface area contributed by atoms with E-state index in [1.807, 2.05) is 0 Å². The van der Waals surface area contributed by atoms with E-state index in [-0.39, 0.29) is 16.7 Å². The lowest BCUT2D eigenvalue weighted by molar-refractivity contribution is -0.155. The van der Waals surface area contributed by atoms with Gasteiger partial charge in [-0.3, -0.25) is 0 Å². The average molecular weight is 718 g/mol. The molecule has 0 N–H and O–H groups in total. The van der Waals surface area contributed by atoms with Crippen molar-refractivity contribution in [2.45, 2.75) is 58.7 Å². The summed E-state index contributed by atoms with van der Waals surface area (Å²) in [5.41, 5.74) is -4.36. The molecule has 0 fully saturated rings. The number of hydrogen-bond donors (Lipinski definition) is 0. The molecule has 0 saturated heterocycles. The van der Waals surface area contributed by atoms with E-state index in [0.717, 1.165) is 18.2 Å². The summed E-state index contributed by atoms with van der Waals surface area (Å²) in [6.45, 7) is 19.4. The van der Waals surface area contributed by atoms with Gasteiger partial charge in [-0.1, -0.05) is 39.5 Å². The zero-order chi connectivity index (χ0) is 39.0. The SMILES string of the molecule is C=CC(=O)OCC(Cn1c(=O)n(CC(COC(=O)C=C)OC(=O)C(=C)C)c(=O)n(CC(COC(=O)C=C)OC(=O)C(=C)C)c1=O)OC(=O)C(=C)C. The Hall–Kier alpha value is -6.33. The Morgan fingerprint density at radius 2 is 0.725 bits per heavy atom. The van der Waals surface area contributed by atoms with Crippen LogP contribution in [0.2, 0.25) is 0 Å². The normalized spacial score (nSPS) is 12.1. The van der Waals surface area contributed by atoms with Crippen molar-refractivity contribution in [3.8, 4) is 0 Å².